The zero-order valence-electron chi connectivity index (χ0n) is 8.61. The summed E-state index contributed by atoms with van der Waals surface area (Å²) in [6.07, 6.45) is 0.0603. The predicted molar refractivity (Wildman–Crippen MR) is 60.6 cm³/mol. The van der Waals surface area contributed by atoms with Gasteiger partial charge in [-0.3, -0.25) is 4.79 Å². The molecule has 0 spiro atoms. The summed E-state index contributed by atoms with van der Waals surface area (Å²) in [5, 5.41) is 3.29. The third kappa shape index (κ3) is 3.20. The van der Waals surface area contributed by atoms with E-state index in [1.807, 2.05) is 0 Å². The highest BCUT2D eigenvalue weighted by molar-refractivity contribution is 6.30. The second-order valence-electron chi connectivity index (χ2n) is 3.53. The number of ether oxygens (including phenoxy) is 2. The maximum atomic E-state index is 11.4. The van der Waals surface area contributed by atoms with Crippen molar-refractivity contribution in [3.8, 4) is 0 Å². The summed E-state index contributed by atoms with van der Waals surface area (Å²) in [4.78, 5) is 11.4. The van der Waals surface area contributed by atoms with Crippen LogP contribution < -0.4 is 5.32 Å². The van der Waals surface area contributed by atoms with Crippen LogP contribution in [0.15, 0.2) is 24.3 Å². The average molecular weight is 242 g/mol. The van der Waals surface area contributed by atoms with Crippen LogP contribution in [0.1, 0.15) is 0 Å². The Morgan fingerprint density at radius 1 is 1.56 bits per heavy atom. The zero-order chi connectivity index (χ0) is 11.4. The van der Waals surface area contributed by atoms with Crippen molar-refractivity contribution in [3.63, 3.8) is 0 Å². The monoisotopic (exact) mass is 241 g/mol. The lowest BCUT2D eigenvalue weighted by molar-refractivity contribution is -0.144. The van der Waals surface area contributed by atoms with Gasteiger partial charge < -0.3 is 14.8 Å². The molecule has 1 aliphatic heterocycles. The number of halogens is 1. The number of carbonyl (C=O) groups is 1. The van der Waals surface area contributed by atoms with Gasteiger partial charge in [-0.2, -0.15) is 0 Å². The number of rotatable bonds is 4. The van der Waals surface area contributed by atoms with E-state index in [0.717, 1.165) is 0 Å². The quantitative estimate of drug-likeness (QED) is 0.873. The topological polar surface area (TPSA) is 47.6 Å². The maximum absolute atomic E-state index is 11.4. The van der Waals surface area contributed by atoms with E-state index in [4.69, 9.17) is 21.1 Å². The van der Waals surface area contributed by atoms with Crippen molar-refractivity contribution in [2.45, 2.75) is 6.10 Å². The number of amides is 1. The Morgan fingerprint density at radius 3 is 3.00 bits per heavy atom. The van der Waals surface area contributed by atoms with E-state index >= 15 is 0 Å². The van der Waals surface area contributed by atoms with Crippen LogP contribution in [0.25, 0.3) is 0 Å². The van der Waals surface area contributed by atoms with Crippen LogP contribution in [0.5, 0.6) is 0 Å². The first-order valence-electron chi connectivity index (χ1n) is 4.99. The highest BCUT2D eigenvalue weighted by atomic mass is 35.5. The van der Waals surface area contributed by atoms with Crippen molar-refractivity contribution >= 4 is 23.2 Å². The van der Waals surface area contributed by atoms with E-state index in [9.17, 15) is 4.79 Å². The molecule has 2 rings (SSSR count). The Kier molecular flexibility index (Phi) is 3.77. The minimum Gasteiger partial charge on any atom is -0.376 e. The predicted octanol–water partition coefficient (Wildman–Crippen LogP) is 1.69. The van der Waals surface area contributed by atoms with Crippen LogP contribution >= 0.6 is 11.6 Å². The van der Waals surface area contributed by atoms with Crippen molar-refractivity contribution in [3.05, 3.63) is 29.3 Å². The molecule has 1 aromatic rings. The van der Waals surface area contributed by atoms with Crippen LogP contribution in [0.2, 0.25) is 5.02 Å². The Bertz CT molecular complexity index is 379. The summed E-state index contributed by atoms with van der Waals surface area (Å²) >= 11 is 5.79. The summed E-state index contributed by atoms with van der Waals surface area (Å²) in [6.45, 7) is 1.19. The molecule has 0 saturated carbocycles. The SMILES string of the molecule is O=C(COC1COC1)Nc1cccc(Cl)c1. The lowest BCUT2D eigenvalue weighted by atomic mass is 10.3. The Balaban J connectivity index is 1.77. The number of nitrogens with one attached hydrogen (secondary N) is 1. The molecule has 4 nitrogen and oxygen atoms in total. The summed E-state index contributed by atoms with van der Waals surface area (Å²) in [5.74, 6) is -0.186. The molecule has 16 heavy (non-hydrogen) atoms. The van der Waals surface area contributed by atoms with Gasteiger partial charge in [0, 0.05) is 10.7 Å². The molecule has 1 N–H and O–H groups in total. The van der Waals surface area contributed by atoms with E-state index in [2.05, 4.69) is 5.32 Å². The second kappa shape index (κ2) is 5.30. The summed E-state index contributed by atoms with van der Waals surface area (Å²) < 4.78 is 10.2. The van der Waals surface area contributed by atoms with E-state index in [1.165, 1.54) is 0 Å². The minimum absolute atomic E-state index is 0.0422. The third-order valence-electron chi connectivity index (χ3n) is 2.17. The van der Waals surface area contributed by atoms with Crippen LogP contribution in [-0.4, -0.2) is 31.8 Å². The highest BCUT2D eigenvalue weighted by Crippen LogP contribution is 2.14. The summed E-state index contributed by atoms with van der Waals surface area (Å²) in [7, 11) is 0. The van der Waals surface area contributed by atoms with Crippen molar-refractivity contribution < 1.29 is 14.3 Å². The third-order valence-corrected chi connectivity index (χ3v) is 2.40. The van der Waals surface area contributed by atoms with Gasteiger partial charge in [0.25, 0.3) is 0 Å². The van der Waals surface area contributed by atoms with Gasteiger partial charge in [0.1, 0.15) is 12.7 Å². The van der Waals surface area contributed by atoms with E-state index in [0.29, 0.717) is 23.9 Å². The fourth-order valence-electron chi connectivity index (χ4n) is 1.27. The second-order valence-corrected chi connectivity index (χ2v) is 3.97. The van der Waals surface area contributed by atoms with Crippen molar-refractivity contribution in [1.82, 2.24) is 0 Å². The first kappa shape index (κ1) is 11.4. The molecule has 0 radical (unpaired) electrons. The largest absolute Gasteiger partial charge is 0.376 e. The van der Waals surface area contributed by atoms with Crippen molar-refractivity contribution in [1.29, 1.82) is 0 Å². The Hall–Kier alpha value is -1.10. The fraction of sp³-hybridized carbons (Fsp3) is 0.364. The highest BCUT2D eigenvalue weighted by Gasteiger charge is 2.19. The standard InChI is InChI=1S/C11H12ClNO3/c12-8-2-1-3-9(4-8)13-11(14)7-16-10-5-15-6-10/h1-4,10H,5-7H2,(H,13,14). The smallest absolute Gasteiger partial charge is 0.250 e. The summed E-state index contributed by atoms with van der Waals surface area (Å²) in [6, 6.07) is 6.99. The molecule has 0 bridgehead atoms. The van der Waals surface area contributed by atoms with Crippen molar-refractivity contribution in [2.75, 3.05) is 25.1 Å². The van der Waals surface area contributed by atoms with Crippen LogP contribution in [-0.2, 0) is 14.3 Å². The lowest BCUT2D eigenvalue weighted by Gasteiger charge is -2.25. The van der Waals surface area contributed by atoms with E-state index in [1.54, 1.807) is 24.3 Å². The molecular formula is C11H12ClNO3. The molecule has 1 heterocycles. The molecule has 1 amide bonds. The molecule has 1 aliphatic rings. The van der Waals surface area contributed by atoms with E-state index in [-0.39, 0.29) is 18.6 Å². The fourth-order valence-corrected chi connectivity index (χ4v) is 1.46. The maximum Gasteiger partial charge on any atom is 0.250 e. The van der Waals surface area contributed by atoms with Crippen LogP contribution in [0, 0.1) is 0 Å². The zero-order valence-corrected chi connectivity index (χ0v) is 9.37. The molecule has 1 fully saturated rings. The van der Waals surface area contributed by atoms with Gasteiger partial charge in [-0.25, -0.2) is 0 Å². The molecule has 5 heteroatoms. The number of hydrogen-bond acceptors (Lipinski definition) is 3. The van der Waals surface area contributed by atoms with E-state index < -0.39 is 0 Å². The lowest BCUT2D eigenvalue weighted by Crippen LogP contribution is -2.38. The molecule has 0 atom stereocenters. The van der Waals surface area contributed by atoms with Gasteiger partial charge in [0.05, 0.1) is 13.2 Å². The average Bonchev–Trinajstić information content (AvgIpc) is 2.15. The van der Waals surface area contributed by atoms with Gasteiger partial charge in [0.15, 0.2) is 0 Å². The molecule has 0 aliphatic carbocycles. The molecule has 1 saturated heterocycles. The molecule has 86 valence electrons. The van der Waals surface area contributed by atoms with Gasteiger partial charge in [0.2, 0.25) is 5.91 Å². The van der Waals surface area contributed by atoms with Gasteiger partial charge in [-0.1, -0.05) is 17.7 Å². The molecular weight excluding hydrogens is 230 g/mol. The number of benzene rings is 1. The van der Waals surface area contributed by atoms with Crippen LogP contribution in [0.4, 0.5) is 5.69 Å². The Labute approximate surface area is 98.5 Å². The normalized spacial score (nSPS) is 15.6. The first-order chi connectivity index (χ1) is 7.74. The van der Waals surface area contributed by atoms with Crippen molar-refractivity contribution in [2.24, 2.45) is 0 Å². The first-order valence-corrected chi connectivity index (χ1v) is 5.36. The number of carbonyl (C=O) groups excluding carboxylic acids is 1. The molecule has 0 aromatic heterocycles. The van der Waals surface area contributed by atoms with Gasteiger partial charge in [-0.15, -0.1) is 0 Å². The number of anilines is 1. The van der Waals surface area contributed by atoms with Gasteiger partial charge in [-0.05, 0) is 18.2 Å². The molecule has 1 aromatic carbocycles. The summed E-state index contributed by atoms with van der Waals surface area (Å²) in [5.41, 5.74) is 0.672. The van der Waals surface area contributed by atoms with Crippen LogP contribution in [0.3, 0.4) is 0 Å². The van der Waals surface area contributed by atoms with Gasteiger partial charge >= 0.3 is 0 Å². The number of hydrogen-bond donors (Lipinski definition) is 1. The molecule has 0 unspecified atom stereocenters. The minimum atomic E-state index is -0.186. The Morgan fingerprint density at radius 2 is 2.38 bits per heavy atom.